The molecule has 0 aromatic heterocycles. The summed E-state index contributed by atoms with van der Waals surface area (Å²) < 4.78 is 5.70. The molecule has 1 saturated heterocycles. The van der Waals surface area contributed by atoms with Gasteiger partial charge in [0.1, 0.15) is 5.75 Å². The molecule has 1 heterocycles. The van der Waals surface area contributed by atoms with Crippen LogP contribution in [-0.2, 0) is 24.4 Å². The van der Waals surface area contributed by atoms with E-state index in [4.69, 9.17) is 10.5 Å². The smallest absolute Gasteiger partial charge is 0.221 e. The number of nitrogens with zero attached hydrogens (tertiary/aromatic N) is 2. The molecule has 7 heteroatoms. The van der Waals surface area contributed by atoms with Crippen LogP contribution >= 0.6 is 0 Å². The Morgan fingerprint density at radius 3 is 2.72 bits per heavy atom. The summed E-state index contributed by atoms with van der Waals surface area (Å²) in [6, 6.07) is 16.6. The van der Waals surface area contributed by atoms with Gasteiger partial charge in [0.15, 0.2) is 5.96 Å². The van der Waals surface area contributed by atoms with Crippen LogP contribution in [0.25, 0.3) is 0 Å². The van der Waals surface area contributed by atoms with E-state index >= 15 is 0 Å². The number of nitrogens with one attached hydrogen (secondary N) is 2. The molecule has 0 saturated carbocycles. The monoisotopic (exact) mass is 437 g/mol. The Labute approximate surface area is 191 Å². The summed E-state index contributed by atoms with van der Waals surface area (Å²) in [6.07, 6.45) is 1.92. The van der Waals surface area contributed by atoms with Gasteiger partial charge in [0.25, 0.3) is 0 Å². The molecule has 2 aromatic rings. The highest BCUT2D eigenvalue weighted by molar-refractivity contribution is 5.79. The first-order chi connectivity index (χ1) is 15.6. The lowest BCUT2D eigenvalue weighted by atomic mass is 9.97. The van der Waals surface area contributed by atoms with Gasteiger partial charge in [-0.05, 0) is 43.5 Å². The molecule has 1 fully saturated rings. The number of benzene rings is 2. The molecule has 2 aromatic carbocycles. The molecule has 1 amide bonds. The minimum atomic E-state index is -0.185. The van der Waals surface area contributed by atoms with E-state index in [1.165, 1.54) is 11.1 Å². The zero-order chi connectivity index (χ0) is 22.8. The van der Waals surface area contributed by atoms with E-state index in [-0.39, 0.29) is 11.8 Å². The maximum Gasteiger partial charge on any atom is 0.221 e. The number of guanidine groups is 1. The Hall–Kier alpha value is -3.06. The first kappa shape index (κ1) is 23.6. The molecule has 172 valence electrons. The van der Waals surface area contributed by atoms with Crippen molar-refractivity contribution in [3.05, 3.63) is 65.2 Å². The molecule has 32 heavy (non-hydrogen) atoms. The number of likely N-dealkylation sites (tertiary alicyclic amines) is 1. The Balaban J connectivity index is 1.52. The average Bonchev–Trinajstić information content (AvgIpc) is 2.81. The fourth-order valence-electron chi connectivity index (χ4n) is 4.06. The van der Waals surface area contributed by atoms with Crippen LogP contribution in [0.15, 0.2) is 53.5 Å². The van der Waals surface area contributed by atoms with E-state index < -0.39 is 0 Å². The van der Waals surface area contributed by atoms with Crippen molar-refractivity contribution in [2.75, 3.05) is 26.7 Å². The lowest BCUT2D eigenvalue weighted by molar-refractivity contribution is -0.123. The summed E-state index contributed by atoms with van der Waals surface area (Å²) in [5, 5.41) is 6.74. The highest BCUT2D eigenvalue weighted by Gasteiger charge is 2.23. The molecule has 1 aliphatic heterocycles. The summed E-state index contributed by atoms with van der Waals surface area (Å²) in [5.74, 6) is 1.41. The van der Waals surface area contributed by atoms with Crippen LogP contribution < -0.4 is 21.1 Å². The van der Waals surface area contributed by atoms with Gasteiger partial charge in [-0.15, -0.1) is 0 Å². The number of ether oxygens (including phenoxy) is 1. The van der Waals surface area contributed by atoms with Gasteiger partial charge in [-0.2, -0.15) is 0 Å². The molecule has 1 aliphatic rings. The number of carbonyl (C=O) groups excluding carboxylic acids is 1. The van der Waals surface area contributed by atoms with E-state index in [0.29, 0.717) is 19.7 Å². The van der Waals surface area contributed by atoms with Crippen LogP contribution in [0.3, 0.4) is 0 Å². The van der Waals surface area contributed by atoms with Crippen molar-refractivity contribution in [1.29, 1.82) is 0 Å². The van der Waals surface area contributed by atoms with Crippen LogP contribution in [0.2, 0.25) is 0 Å². The zero-order valence-corrected chi connectivity index (χ0v) is 19.1. The number of para-hydroxylation sites is 1. The van der Waals surface area contributed by atoms with Crippen LogP contribution in [0.4, 0.5) is 0 Å². The van der Waals surface area contributed by atoms with Gasteiger partial charge in [-0.25, -0.2) is 0 Å². The molecule has 1 unspecified atom stereocenters. The zero-order valence-electron chi connectivity index (χ0n) is 19.1. The van der Waals surface area contributed by atoms with Crippen molar-refractivity contribution >= 4 is 11.9 Å². The molecule has 3 rings (SSSR count). The van der Waals surface area contributed by atoms with E-state index in [9.17, 15) is 4.79 Å². The molecule has 4 N–H and O–H groups in total. The fraction of sp³-hybridized carbons (Fsp3) is 0.440. The molecular formula is C25H35N5O2. The predicted molar refractivity (Wildman–Crippen MR) is 128 cm³/mol. The predicted octanol–water partition coefficient (Wildman–Crippen LogP) is 2.65. The van der Waals surface area contributed by atoms with Crippen LogP contribution in [-0.4, -0.2) is 43.5 Å². The number of hydrogen-bond acceptors (Lipinski definition) is 4. The van der Waals surface area contributed by atoms with Gasteiger partial charge in [0, 0.05) is 38.8 Å². The van der Waals surface area contributed by atoms with Crippen molar-refractivity contribution in [2.24, 2.45) is 16.6 Å². The summed E-state index contributed by atoms with van der Waals surface area (Å²) in [7, 11) is 1.77. The number of amides is 1. The number of primary amides is 1. The Morgan fingerprint density at radius 1 is 1.16 bits per heavy atom. The third-order valence-corrected chi connectivity index (χ3v) is 5.71. The van der Waals surface area contributed by atoms with Gasteiger partial charge in [0.2, 0.25) is 5.91 Å². The van der Waals surface area contributed by atoms with Gasteiger partial charge in [-0.1, -0.05) is 42.5 Å². The fourth-order valence-corrected chi connectivity index (χ4v) is 4.06. The number of piperidine rings is 1. The summed E-state index contributed by atoms with van der Waals surface area (Å²) in [4.78, 5) is 18.2. The third kappa shape index (κ3) is 6.99. The first-order valence-electron chi connectivity index (χ1n) is 11.3. The number of rotatable bonds is 9. The number of aliphatic imine (C=N–C) groups is 1. The quantitative estimate of drug-likeness (QED) is 0.414. The van der Waals surface area contributed by atoms with E-state index in [0.717, 1.165) is 49.7 Å². The third-order valence-electron chi connectivity index (χ3n) is 5.71. The standard InChI is InChI=1S/C25H35N5O2/c1-3-32-23-12-5-4-10-21(23)16-29-25(27-2)28-15-19-8-6-9-20(14-19)17-30-13-7-11-22(18-30)24(26)31/h4-6,8-10,12,14,22H,3,7,11,13,15-18H2,1-2H3,(H2,26,31)(H2,27,28,29). The van der Waals surface area contributed by atoms with E-state index in [1.54, 1.807) is 7.05 Å². The average molecular weight is 438 g/mol. The topological polar surface area (TPSA) is 92.0 Å². The van der Waals surface area contributed by atoms with Crippen LogP contribution in [0.1, 0.15) is 36.5 Å². The van der Waals surface area contributed by atoms with Crippen molar-refractivity contribution in [2.45, 2.75) is 39.4 Å². The SMILES string of the molecule is CCOc1ccccc1CNC(=NC)NCc1cccc(CN2CCCC(C(N)=O)C2)c1. The van der Waals surface area contributed by atoms with Gasteiger partial charge >= 0.3 is 0 Å². The van der Waals surface area contributed by atoms with Crippen molar-refractivity contribution in [3.8, 4) is 5.75 Å². The van der Waals surface area contributed by atoms with Crippen molar-refractivity contribution in [3.63, 3.8) is 0 Å². The molecule has 0 aliphatic carbocycles. The number of carbonyl (C=O) groups is 1. The van der Waals surface area contributed by atoms with Crippen LogP contribution in [0.5, 0.6) is 5.75 Å². The van der Waals surface area contributed by atoms with Crippen molar-refractivity contribution < 1.29 is 9.53 Å². The molecular weight excluding hydrogens is 402 g/mol. The molecule has 7 nitrogen and oxygen atoms in total. The summed E-state index contributed by atoms with van der Waals surface area (Å²) in [6.45, 7) is 6.51. The number of nitrogens with two attached hydrogens (primary N) is 1. The summed E-state index contributed by atoms with van der Waals surface area (Å²) in [5.41, 5.74) is 9.03. The second-order valence-electron chi connectivity index (χ2n) is 8.12. The second kappa shape index (κ2) is 12.1. The largest absolute Gasteiger partial charge is 0.494 e. The van der Waals surface area contributed by atoms with E-state index in [2.05, 4.69) is 50.9 Å². The highest BCUT2D eigenvalue weighted by Crippen LogP contribution is 2.19. The lowest BCUT2D eigenvalue weighted by Crippen LogP contribution is -2.40. The van der Waals surface area contributed by atoms with Gasteiger partial charge < -0.3 is 21.1 Å². The minimum Gasteiger partial charge on any atom is -0.494 e. The first-order valence-corrected chi connectivity index (χ1v) is 11.3. The molecule has 0 spiro atoms. The highest BCUT2D eigenvalue weighted by atomic mass is 16.5. The van der Waals surface area contributed by atoms with Crippen LogP contribution in [0, 0.1) is 5.92 Å². The Kier molecular flexibility index (Phi) is 8.92. The van der Waals surface area contributed by atoms with Gasteiger partial charge in [-0.3, -0.25) is 14.7 Å². The Morgan fingerprint density at radius 2 is 1.94 bits per heavy atom. The van der Waals surface area contributed by atoms with E-state index in [1.807, 2.05) is 25.1 Å². The molecule has 0 radical (unpaired) electrons. The normalized spacial score (nSPS) is 17.1. The van der Waals surface area contributed by atoms with Gasteiger partial charge in [0.05, 0.1) is 12.5 Å². The molecule has 1 atom stereocenters. The maximum absolute atomic E-state index is 11.5. The van der Waals surface area contributed by atoms with Crippen molar-refractivity contribution in [1.82, 2.24) is 15.5 Å². The molecule has 0 bridgehead atoms. The lowest BCUT2D eigenvalue weighted by Gasteiger charge is -2.31. The maximum atomic E-state index is 11.5. The Bertz CT molecular complexity index is 915. The number of hydrogen-bond donors (Lipinski definition) is 3. The second-order valence-corrected chi connectivity index (χ2v) is 8.12. The summed E-state index contributed by atoms with van der Waals surface area (Å²) >= 11 is 0. The minimum absolute atomic E-state index is 0.0316.